The fraction of sp³-hybridized carbons (Fsp3) is 0.478. The zero-order chi connectivity index (χ0) is 25.4. The predicted molar refractivity (Wildman–Crippen MR) is 130 cm³/mol. The van der Waals surface area contributed by atoms with E-state index >= 15 is 0 Å². The topological polar surface area (TPSA) is 105 Å². The molecule has 0 amide bonds. The zero-order valence-corrected chi connectivity index (χ0v) is 22.2. The van der Waals surface area contributed by atoms with E-state index in [2.05, 4.69) is 0 Å². The lowest BCUT2D eigenvalue weighted by molar-refractivity contribution is -0.300. The molecule has 2 fully saturated rings. The zero-order valence-electron chi connectivity index (χ0n) is 19.1. The van der Waals surface area contributed by atoms with Gasteiger partial charge in [0.05, 0.1) is 41.6 Å². The Labute approximate surface area is 215 Å². The van der Waals surface area contributed by atoms with Crippen molar-refractivity contribution in [3.05, 3.63) is 58.6 Å². The molecule has 2 aromatic carbocycles. The summed E-state index contributed by atoms with van der Waals surface area (Å²) < 4.78 is 74.9. The summed E-state index contributed by atoms with van der Waals surface area (Å²) in [5, 5.41) is -1.03. The number of rotatable bonds is 6. The molecule has 0 N–H and O–H groups in total. The monoisotopic (exact) mass is 564 g/mol. The Bertz CT molecular complexity index is 1130. The third kappa shape index (κ3) is 5.55. The first-order valence-corrected chi connectivity index (χ1v) is 14.7. The third-order valence-corrected chi connectivity index (χ3v) is 11.0. The number of benzene rings is 2. The molecule has 12 heteroatoms. The van der Waals surface area contributed by atoms with Crippen LogP contribution in [0.3, 0.4) is 0 Å². The lowest BCUT2D eigenvalue weighted by atomic mass is 9.90. The van der Waals surface area contributed by atoms with Crippen molar-refractivity contribution >= 4 is 42.9 Å². The van der Waals surface area contributed by atoms with E-state index in [0.29, 0.717) is 10.0 Å². The van der Waals surface area contributed by atoms with E-state index in [0.717, 1.165) is 0 Å². The van der Waals surface area contributed by atoms with Crippen LogP contribution in [0.1, 0.15) is 13.8 Å². The highest BCUT2D eigenvalue weighted by Gasteiger charge is 2.47. The van der Waals surface area contributed by atoms with Crippen LogP contribution in [0, 0.1) is 5.41 Å². The molecule has 2 heterocycles. The predicted octanol–water partition coefficient (Wildman–Crippen LogP) is 3.75. The maximum Gasteiger partial charge on any atom is 0.185 e. The van der Waals surface area contributed by atoms with Crippen molar-refractivity contribution in [2.45, 2.75) is 46.7 Å². The summed E-state index contributed by atoms with van der Waals surface area (Å²) in [6.07, 6.45) is -1.94. The van der Waals surface area contributed by atoms with Crippen molar-refractivity contribution < 1.29 is 35.8 Å². The van der Waals surface area contributed by atoms with Crippen molar-refractivity contribution in [3.63, 3.8) is 0 Å². The molecule has 8 nitrogen and oxygen atoms in total. The SMILES string of the molecule is CC(C1OCC2(CO1)COC(C(C)S(=O)(=O)c1ccc(Cl)cc1)OC2)S(=O)(=O)c1ccc(Cl)cc1. The smallest absolute Gasteiger partial charge is 0.185 e. The second-order valence-electron chi connectivity index (χ2n) is 8.89. The lowest BCUT2D eigenvalue weighted by Crippen LogP contribution is -2.56. The van der Waals surface area contributed by atoms with Crippen molar-refractivity contribution in [2.75, 3.05) is 26.4 Å². The fourth-order valence-corrected chi connectivity index (χ4v) is 6.94. The van der Waals surface area contributed by atoms with Crippen molar-refractivity contribution in [2.24, 2.45) is 5.41 Å². The molecule has 2 unspecified atom stereocenters. The minimum atomic E-state index is -3.71. The molecular weight excluding hydrogens is 539 g/mol. The summed E-state index contributed by atoms with van der Waals surface area (Å²) in [5.74, 6) is 0. The van der Waals surface area contributed by atoms with Crippen molar-refractivity contribution in [1.82, 2.24) is 0 Å². The van der Waals surface area contributed by atoms with E-state index in [1.165, 1.54) is 62.4 Å². The van der Waals surface area contributed by atoms with Gasteiger partial charge in [-0.3, -0.25) is 0 Å². The lowest BCUT2D eigenvalue weighted by Gasteiger charge is -2.45. The Morgan fingerprint density at radius 1 is 0.657 bits per heavy atom. The fourth-order valence-electron chi connectivity index (χ4n) is 3.89. The summed E-state index contributed by atoms with van der Waals surface area (Å²) in [7, 11) is -7.42. The van der Waals surface area contributed by atoms with Crippen molar-refractivity contribution in [3.8, 4) is 0 Å². The molecule has 0 radical (unpaired) electrons. The molecule has 1 spiro atoms. The summed E-state index contributed by atoms with van der Waals surface area (Å²) in [4.78, 5) is 0.259. The minimum absolute atomic E-state index is 0.130. The molecule has 0 saturated carbocycles. The Morgan fingerprint density at radius 2 is 0.943 bits per heavy atom. The Hall–Kier alpha value is -1.24. The van der Waals surface area contributed by atoms with Crippen LogP contribution in [0.15, 0.2) is 58.3 Å². The average Bonchev–Trinajstić information content (AvgIpc) is 2.85. The number of hydrogen-bond acceptors (Lipinski definition) is 8. The molecule has 2 aromatic rings. The van der Waals surface area contributed by atoms with Gasteiger partial charge in [-0.05, 0) is 62.4 Å². The molecular formula is C23H26Cl2O8S2. The number of halogens is 2. The first-order chi connectivity index (χ1) is 16.4. The second kappa shape index (κ2) is 10.3. The van der Waals surface area contributed by atoms with Crippen LogP contribution >= 0.6 is 23.2 Å². The second-order valence-corrected chi connectivity index (χ2v) is 14.4. The number of ether oxygens (including phenoxy) is 4. The van der Waals surface area contributed by atoms with Crippen LogP contribution < -0.4 is 0 Å². The molecule has 0 bridgehead atoms. The molecule has 2 atom stereocenters. The highest BCUT2D eigenvalue weighted by molar-refractivity contribution is 7.92. The van der Waals surface area contributed by atoms with Crippen LogP contribution in [0.2, 0.25) is 10.0 Å². The minimum Gasteiger partial charge on any atom is -0.350 e. The molecule has 2 aliphatic rings. The summed E-state index contributed by atoms with van der Waals surface area (Å²) in [5.41, 5.74) is -0.666. The molecule has 35 heavy (non-hydrogen) atoms. The Balaban J connectivity index is 1.35. The van der Waals surface area contributed by atoms with E-state index in [1.807, 2.05) is 0 Å². The van der Waals surface area contributed by atoms with Gasteiger partial charge in [0.25, 0.3) is 0 Å². The van der Waals surface area contributed by atoms with Gasteiger partial charge in [0, 0.05) is 10.0 Å². The van der Waals surface area contributed by atoms with Crippen LogP contribution in [-0.4, -0.2) is 66.3 Å². The van der Waals surface area contributed by atoms with Crippen LogP contribution in [-0.2, 0) is 38.6 Å². The molecule has 0 aliphatic carbocycles. The number of sulfone groups is 2. The van der Waals surface area contributed by atoms with E-state index in [1.54, 1.807) is 0 Å². The Morgan fingerprint density at radius 3 is 1.23 bits per heavy atom. The van der Waals surface area contributed by atoms with Gasteiger partial charge in [-0.25, -0.2) is 16.8 Å². The van der Waals surface area contributed by atoms with E-state index in [9.17, 15) is 16.8 Å². The van der Waals surface area contributed by atoms with Crippen LogP contribution in [0.5, 0.6) is 0 Å². The maximum absolute atomic E-state index is 12.9. The average molecular weight is 565 g/mol. The van der Waals surface area contributed by atoms with E-state index < -0.39 is 48.2 Å². The van der Waals surface area contributed by atoms with Gasteiger partial charge in [-0.1, -0.05) is 23.2 Å². The summed E-state index contributed by atoms with van der Waals surface area (Å²) in [6.45, 7) is 3.62. The van der Waals surface area contributed by atoms with Gasteiger partial charge in [0.1, 0.15) is 10.5 Å². The Kier molecular flexibility index (Phi) is 7.86. The maximum atomic E-state index is 12.9. The first-order valence-electron chi connectivity index (χ1n) is 10.9. The molecule has 2 aliphatic heterocycles. The first kappa shape index (κ1) is 26.8. The van der Waals surface area contributed by atoms with Crippen LogP contribution in [0.4, 0.5) is 0 Å². The van der Waals surface area contributed by atoms with Crippen LogP contribution in [0.25, 0.3) is 0 Å². The standard InChI is InChI=1S/C23H26Cl2O8S2/c1-15(34(26,27)19-7-3-17(24)4-8-19)21-30-11-23(12-31-21)13-32-22(33-14-23)16(2)35(28,29)20-9-5-18(25)6-10-20/h3-10,15-16,21-22H,11-14H2,1-2H3. The van der Waals surface area contributed by atoms with Gasteiger partial charge < -0.3 is 18.9 Å². The van der Waals surface area contributed by atoms with Gasteiger partial charge in [-0.15, -0.1) is 0 Å². The van der Waals surface area contributed by atoms with Gasteiger partial charge >= 0.3 is 0 Å². The third-order valence-electron chi connectivity index (χ3n) is 6.24. The summed E-state index contributed by atoms with van der Waals surface area (Å²) in [6, 6.07) is 11.8. The quantitative estimate of drug-likeness (QED) is 0.522. The number of hydrogen-bond donors (Lipinski definition) is 0. The normalized spacial score (nSPS) is 27.4. The molecule has 0 aromatic heterocycles. The highest BCUT2D eigenvalue weighted by Crippen LogP contribution is 2.35. The van der Waals surface area contributed by atoms with E-state index in [-0.39, 0.29) is 36.2 Å². The van der Waals surface area contributed by atoms with Gasteiger partial charge in [-0.2, -0.15) is 0 Å². The summed E-state index contributed by atoms with van der Waals surface area (Å²) >= 11 is 11.7. The van der Waals surface area contributed by atoms with E-state index in [4.69, 9.17) is 42.1 Å². The molecule has 4 rings (SSSR count). The highest BCUT2D eigenvalue weighted by atomic mass is 35.5. The van der Waals surface area contributed by atoms with Crippen molar-refractivity contribution in [1.29, 1.82) is 0 Å². The molecule has 192 valence electrons. The largest absolute Gasteiger partial charge is 0.350 e. The molecule has 2 saturated heterocycles. The van der Waals surface area contributed by atoms with Gasteiger partial charge in [0.2, 0.25) is 0 Å². The van der Waals surface area contributed by atoms with Gasteiger partial charge in [0.15, 0.2) is 32.3 Å².